The van der Waals surface area contributed by atoms with E-state index in [0.717, 1.165) is 31.5 Å². The van der Waals surface area contributed by atoms with Gasteiger partial charge in [-0.1, -0.05) is 12.1 Å². The lowest BCUT2D eigenvalue weighted by Crippen LogP contribution is -2.47. The molecule has 0 bridgehead atoms. The smallest absolute Gasteiger partial charge is 0.387 e. The summed E-state index contributed by atoms with van der Waals surface area (Å²) in [4.78, 5) is 16.4. The van der Waals surface area contributed by atoms with Gasteiger partial charge in [-0.05, 0) is 50.9 Å². The molecule has 6 heteroatoms. The average Bonchev–Trinajstić information content (AvgIpc) is 2.55. The van der Waals surface area contributed by atoms with Crippen molar-refractivity contribution in [1.29, 1.82) is 0 Å². The second kappa shape index (κ2) is 8.24. The van der Waals surface area contributed by atoms with Crippen LogP contribution in [-0.2, 0) is 11.3 Å². The molecular weight excluding hydrogens is 302 g/mol. The van der Waals surface area contributed by atoms with E-state index in [2.05, 4.69) is 4.74 Å². The first-order valence-corrected chi connectivity index (χ1v) is 8.00. The first-order valence-electron chi connectivity index (χ1n) is 8.00. The fourth-order valence-electron chi connectivity index (χ4n) is 2.77. The summed E-state index contributed by atoms with van der Waals surface area (Å²) >= 11 is 0. The van der Waals surface area contributed by atoms with Crippen molar-refractivity contribution in [3.05, 3.63) is 29.8 Å². The van der Waals surface area contributed by atoms with Crippen LogP contribution in [0.25, 0.3) is 0 Å². The van der Waals surface area contributed by atoms with Gasteiger partial charge >= 0.3 is 6.61 Å². The highest BCUT2D eigenvalue weighted by Gasteiger charge is 2.24. The molecule has 0 N–H and O–H groups in total. The minimum Gasteiger partial charge on any atom is -0.435 e. The normalized spacial score (nSPS) is 16.7. The Kier molecular flexibility index (Phi) is 6.33. The van der Waals surface area contributed by atoms with Crippen LogP contribution in [0.3, 0.4) is 0 Å². The van der Waals surface area contributed by atoms with Gasteiger partial charge in [-0.25, -0.2) is 0 Å². The van der Waals surface area contributed by atoms with E-state index in [4.69, 9.17) is 0 Å². The van der Waals surface area contributed by atoms with E-state index in [9.17, 15) is 13.6 Å². The lowest BCUT2D eigenvalue weighted by Gasteiger charge is -2.32. The topological polar surface area (TPSA) is 32.8 Å². The van der Waals surface area contributed by atoms with Crippen LogP contribution < -0.4 is 4.74 Å². The molecule has 1 saturated heterocycles. The van der Waals surface area contributed by atoms with Crippen LogP contribution in [0.4, 0.5) is 8.78 Å². The number of alkyl halides is 2. The van der Waals surface area contributed by atoms with Crippen molar-refractivity contribution in [3.63, 3.8) is 0 Å². The van der Waals surface area contributed by atoms with Gasteiger partial charge in [-0.3, -0.25) is 9.69 Å². The van der Waals surface area contributed by atoms with Crippen molar-refractivity contribution >= 4 is 5.91 Å². The molecule has 1 aromatic rings. The molecule has 2 rings (SSSR count). The van der Waals surface area contributed by atoms with Crippen molar-refractivity contribution in [2.75, 3.05) is 20.1 Å². The summed E-state index contributed by atoms with van der Waals surface area (Å²) in [5.74, 6) is 0.300. The van der Waals surface area contributed by atoms with Crippen LogP contribution >= 0.6 is 0 Å². The number of ether oxygens (including phenoxy) is 1. The molecule has 1 fully saturated rings. The molecule has 1 amide bonds. The van der Waals surface area contributed by atoms with E-state index in [0.29, 0.717) is 6.54 Å². The zero-order valence-electron chi connectivity index (χ0n) is 13.7. The van der Waals surface area contributed by atoms with Gasteiger partial charge in [0.2, 0.25) is 5.91 Å². The van der Waals surface area contributed by atoms with Crippen LogP contribution in [0.2, 0.25) is 0 Å². The van der Waals surface area contributed by atoms with Crippen LogP contribution in [0.1, 0.15) is 31.7 Å². The summed E-state index contributed by atoms with van der Waals surface area (Å²) in [7, 11) is 1.90. The second-order valence-electron chi connectivity index (χ2n) is 6.00. The van der Waals surface area contributed by atoms with E-state index in [1.54, 1.807) is 12.1 Å². The van der Waals surface area contributed by atoms with Crippen LogP contribution in [-0.4, -0.2) is 48.5 Å². The third kappa shape index (κ3) is 5.16. The number of rotatable bonds is 6. The monoisotopic (exact) mass is 326 g/mol. The number of likely N-dealkylation sites (N-methyl/N-ethyl adjacent to an activating group) is 1. The lowest BCUT2D eigenvalue weighted by molar-refractivity contribution is -0.137. The van der Waals surface area contributed by atoms with Crippen molar-refractivity contribution in [2.24, 2.45) is 0 Å². The lowest BCUT2D eigenvalue weighted by atomic mass is 10.1. The molecule has 1 atom stereocenters. The summed E-state index contributed by atoms with van der Waals surface area (Å²) in [6, 6.07) is 6.32. The average molecular weight is 326 g/mol. The van der Waals surface area contributed by atoms with Crippen LogP contribution in [0.5, 0.6) is 5.75 Å². The molecule has 1 heterocycles. The van der Waals surface area contributed by atoms with E-state index in [1.807, 2.05) is 23.8 Å². The van der Waals surface area contributed by atoms with E-state index >= 15 is 0 Å². The van der Waals surface area contributed by atoms with Crippen LogP contribution in [0, 0.1) is 0 Å². The number of hydrogen-bond donors (Lipinski definition) is 0. The zero-order valence-corrected chi connectivity index (χ0v) is 13.7. The molecule has 1 aliphatic heterocycles. The molecular formula is C17H24F2N2O2. The molecule has 0 radical (unpaired) electrons. The molecule has 1 unspecified atom stereocenters. The number of nitrogens with zero attached hydrogens (tertiary/aromatic N) is 2. The predicted octanol–water partition coefficient (Wildman–Crippen LogP) is 3.12. The van der Waals surface area contributed by atoms with Gasteiger partial charge in [0, 0.05) is 19.6 Å². The van der Waals surface area contributed by atoms with Gasteiger partial charge in [-0.2, -0.15) is 8.78 Å². The molecule has 0 aromatic heterocycles. The third-order valence-electron chi connectivity index (χ3n) is 4.27. The highest BCUT2D eigenvalue weighted by Crippen LogP contribution is 2.17. The molecule has 0 spiro atoms. The zero-order chi connectivity index (χ0) is 16.8. The SMILES string of the molecule is CC(C(=O)N1CCCCC1)N(C)Cc1ccc(OC(F)F)cc1. The minimum absolute atomic E-state index is 0.142. The number of likely N-dealkylation sites (tertiary alicyclic amines) is 1. The number of carbonyl (C=O) groups is 1. The third-order valence-corrected chi connectivity index (χ3v) is 4.27. The summed E-state index contributed by atoms with van der Waals surface area (Å²) < 4.78 is 28.6. The van der Waals surface area contributed by atoms with Crippen molar-refractivity contribution in [1.82, 2.24) is 9.80 Å². The fraction of sp³-hybridized carbons (Fsp3) is 0.588. The number of amides is 1. The predicted molar refractivity (Wildman–Crippen MR) is 84.4 cm³/mol. The molecule has 1 aliphatic rings. The largest absolute Gasteiger partial charge is 0.435 e. The van der Waals surface area contributed by atoms with Crippen LogP contribution in [0.15, 0.2) is 24.3 Å². The number of hydrogen-bond acceptors (Lipinski definition) is 3. The Balaban J connectivity index is 1.89. The van der Waals surface area contributed by atoms with Gasteiger partial charge in [0.15, 0.2) is 0 Å². The molecule has 128 valence electrons. The van der Waals surface area contributed by atoms with Crippen molar-refractivity contribution < 1.29 is 18.3 Å². The summed E-state index contributed by atoms with van der Waals surface area (Å²) in [5.41, 5.74) is 0.951. The molecule has 0 aliphatic carbocycles. The number of halogens is 2. The highest BCUT2D eigenvalue weighted by atomic mass is 19.3. The van der Waals surface area contributed by atoms with E-state index in [1.165, 1.54) is 18.6 Å². The molecule has 23 heavy (non-hydrogen) atoms. The number of benzene rings is 1. The van der Waals surface area contributed by atoms with Crippen molar-refractivity contribution in [3.8, 4) is 5.75 Å². The standard InChI is InChI=1S/C17H24F2N2O2/c1-13(16(22)21-10-4-3-5-11-21)20(2)12-14-6-8-15(9-7-14)23-17(18)19/h6-9,13,17H,3-5,10-12H2,1-2H3. The first-order chi connectivity index (χ1) is 11.0. The van der Waals surface area contributed by atoms with Gasteiger partial charge in [0.05, 0.1) is 6.04 Å². The first kappa shape index (κ1) is 17.7. The number of piperidine rings is 1. The molecule has 1 aromatic carbocycles. The summed E-state index contributed by atoms with van der Waals surface area (Å²) in [5, 5.41) is 0. The maximum Gasteiger partial charge on any atom is 0.387 e. The van der Waals surface area contributed by atoms with Gasteiger partial charge in [-0.15, -0.1) is 0 Å². The Morgan fingerprint density at radius 2 is 1.83 bits per heavy atom. The second-order valence-corrected chi connectivity index (χ2v) is 6.00. The summed E-state index contributed by atoms with van der Waals surface area (Å²) in [6.45, 7) is 1.36. The maximum atomic E-state index is 12.5. The molecule has 4 nitrogen and oxygen atoms in total. The fourth-order valence-corrected chi connectivity index (χ4v) is 2.77. The Morgan fingerprint density at radius 1 is 1.22 bits per heavy atom. The van der Waals surface area contributed by atoms with E-state index < -0.39 is 6.61 Å². The van der Waals surface area contributed by atoms with Gasteiger partial charge in [0.1, 0.15) is 5.75 Å². The number of carbonyl (C=O) groups excluding carboxylic acids is 1. The quantitative estimate of drug-likeness (QED) is 0.805. The Labute approximate surface area is 136 Å². The van der Waals surface area contributed by atoms with Gasteiger partial charge in [0.25, 0.3) is 0 Å². The Hall–Kier alpha value is -1.69. The highest BCUT2D eigenvalue weighted by molar-refractivity contribution is 5.81. The van der Waals surface area contributed by atoms with Gasteiger partial charge < -0.3 is 9.64 Å². The maximum absolute atomic E-state index is 12.5. The van der Waals surface area contributed by atoms with E-state index in [-0.39, 0.29) is 17.7 Å². The molecule has 0 saturated carbocycles. The Morgan fingerprint density at radius 3 is 2.39 bits per heavy atom. The minimum atomic E-state index is -2.81. The van der Waals surface area contributed by atoms with Crippen molar-refractivity contribution in [2.45, 2.75) is 45.4 Å². The Bertz CT molecular complexity index is 502. The summed E-state index contributed by atoms with van der Waals surface area (Å²) in [6.07, 6.45) is 3.35.